The summed E-state index contributed by atoms with van der Waals surface area (Å²) in [7, 11) is 1.91. The summed E-state index contributed by atoms with van der Waals surface area (Å²) in [6.07, 6.45) is 5.41. The molecule has 1 heterocycles. The average Bonchev–Trinajstić information content (AvgIpc) is 1.90. The lowest BCUT2D eigenvalue weighted by Crippen LogP contribution is -2.29. The van der Waals surface area contributed by atoms with E-state index in [-0.39, 0.29) is 6.23 Å². The fraction of sp³-hybridized carbons (Fsp3) is 0.667. The molecule has 1 aliphatic rings. The Morgan fingerprint density at radius 2 is 2.50 bits per heavy atom. The minimum absolute atomic E-state index is 0.250. The molecule has 46 valence electrons. The molecular formula is C6H11NO. The van der Waals surface area contributed by atoms with Crippen LogP contribution in [0.1, 0.15) is 6.42 Å². The van der Waals surface area contributed by atoms with E-state index >= 15 is 0 Å². The average molecular weight is 113 g/mol. The molecule has 0 aliphatic carbocycles. The van der Waals surface area contributed by atoms with Gasteiger partial charge in [-0.1, -0.05) is 12.2 Å². The van der Waals surface area contributed by atoms with E-state index in [0.717, 1.165) is 13.0 Å². The van der Waals surface area contributed by atoms with Crippen LogP contribution in [-0.2, 0) is 4.74 Å². The van der Waals surface area contributed by atoms with Gasteiger partial charge in [-0.2, -0.15) is 0 Å². The molecule has 0 radical (unpaired) electrons. The molecule has 0 saturated heterocycles. The summed E-state index contributed by atoms with van der Waals surface area (Å²) in [6, 6.07) is 0. The van der Waals surface area contributed by atoms with Gasteiger partial charge in [0.05, 0.1) is 6.61 Å². The van der Waals surface area contributed by atoms with Gasteiger partial charge >= 0.3 is 0 Å². The highest BCUT2D eigenvalue weighted by Crippen LogP contribution is 2.00. The third kappa shape index (κ3) is 1.32. The van der Waals surface area contributed by atoms with Crippen LogP contribution in [0.15, 0.2) is 12.2 Å². The maximum absolute atomic E-state index is 5.23. The Morgan fingerprint density at radius 1 is 1.62 bits per heavy atom. The third-order valence-electron chi connectivity index (χ3n) is 1.23. The SMILES string of the molecule is CNC1CC=CCO1. The fourth-order valence-electron chi connectivity index (χ4n) is 0.729. The topological polar surface area (TPSA) is 21.3 Å². The van der Waals surface area contributed by atoms with Gasteiger partial charge in [-0.25, -0.2) is 0 Å². The molecule has 1 rings (SSSR count). The molecule has 0 amide bonds. The highest BCUT2D eigenvalue weighted by molar-refractivity contribution is 4.87. The van der Waals surface area contributed by atoms with Gasteiger partial charge in [0, 0.05) is 6.42 Å². The monoisotopic (exact) mass is 113 g/mol. The smallest absolute Gasteiger partial charge is 0.111 e. The van der Waals surface area contributed by atoms with E-state index in [1.165, 1.54) is 0 Å². The van der Waals surface area contributed by atoms with Crippen molar-refractivity contribution < 1.29 is 4.74 Å². The summed E-state index contributed by atoms with van der Waals surface area (Å²) in [5.41, 5.74) is 0. The second-order valence-electron chi connectivity index (χ2n) is 1.82. The van der Waals surface area contributed by atoms with Crippen LogP contribution in [0, 0.1) is 0 Å². The normalized spacial score (nSPS) is 28.4. The van der Waals surface area contributed by atoms with Gasteiger partial charge in [-0.05, 0) is 7.05 Å². The first-order valence-electron chi connectivity index (χ1n) is 2.87. The summed E-state index contributed by atoms with van der Waals surface area (Å²) in [5, 5.41) is 3.03. The first kappa shape index (κ1) is 5.79. The molecule has 2 nitrogen and oxygen atoms in total. The third-order valence-corrected chi connectivity index (χ3v) is 1.23. The van der Waals surface area contributed by atoms with E-state index in [9.17, 15) is 0 Å². The number of hydrogen-bond donors (Lipinski definition) is 1. The predicted molar refractivity (Wildman–Crippen MR) is 32.6 cm³/mol. The van der Waals surface area contributed by atoms with Crippen LogP contribution < -0.4 is 5.32 Å². The second kappa shape index (κ2) is 2.84. The van der Waals surface area contributed by atoms with E-state index in [1.807, 2.05) is 13.1 Å². The molecule has 1 unspecified atom stereocenters. The molecule has 0 fully saturated rings. The number of nitrogens with one attached hydrogen (secondary N) is 1. The molecule has 1 aliphatic heterocycles. The molecule has 1 atom stereocenters. The lowest BCUT2D eigenvalue weighted by atomic mass is 10.3. The molecule has 2 heteroatoms. The van der Waals surface area contributed by atoms with Crippen molar-refractivity contribution in [1.82, 2.24) is 5.32 Å². The van der Waals surface area contributed by atoms with Gasteiger partial charge in [-0.3, -0.25) is 5.32 Å². The fourth-order valence-corrected chi connectivity index (χ4v) is 0.729. The van der Waals surface area contributed by atoms with Crippen molar-refractivity contribution in [1.29, 1.82) is 0 Å². The summed E-state index contributed by atoms with van der Waals surface area (Å²) < 4.78 is 5.23. The van der Waals surface area contributed by atoms with Crippen molar-refractivity contribution in [2.24, 2.45) is 0 Å². The van der Waals surface area contributed by atoms with E-state index in [2.05, 4.69) is 11.4 Å². The minimum Gasteiger partial charge on any atom is -0.359 e. The van der Waals surface area contributed by atoms with Gasteiger partial charge in [0.2, 0.25) is 0 Å². The molecule has 0 bridgehead atoms. The molecule has 8 heavy (non-hydrogen) atoms. The van der Waals surface area contributed by atoms with Crippen LogP contribution in [0.25, 0.3) is 0 Å². The van der Waals surface area contributed by atoms with Crippen LogP contribution in [0.5, 0.6) is 0 Å². The van der Waals surface area contributed by atoms with Gasteiger partial charge in [0.25, 0.3) is 0 Å². The first-order chi connectivity index (χ1) is 3.93. The molecule has 1 N–H and O–H groups in total. The van der Waals surface area contributed by atoms with Crippen molar-refractivity contribution in [2.45, 2.75) is 12.6 Å². The molecular weight excluding hydrogens is 102 g/mol. The van der Waals surface area contributed by atoms with Gasteiger partial charge in [0.15, 0.2) is 0 Å². The van der Waals surface area contributed by atoms with Crippen molar-refractivity contribution in [3.05, 3.63) is 12.2 Å². The largest absolute Gasteiger partial charge is 0.359 e. The number of hydrogen-bond acceptors (Lipinski definition) is 2. The van der Waals surface area contributed by atoms with Crippen LogP contribution in [0.2, 0.25) is 0 Å². The quantitative estimate of drug-likeness (QED) is 0.500. The Labute approximate surface area is 49.5 Å². The van der Waals surface area contributed by atoms with Gasteiger partial charge < -0.3 is 4.74 Å². The molecule has 0 aromatic rings. The maximum Gasteiger partial charge on any atom is 0.111 e. The lowest BCUT2D eigenvalue weighted by molar-refractivity contribution is 0.0487. The van der Waals surface area contributed by atoms with Crippen molar-refractivity contribution >= 4 is 0 Å². The Kier molecular flexibility index (Phi) is 2.06. The predicted octanol–water partition coefficient (Wildman–Crippen LogP) is 0.508. The molecule has 0 saturated carbocycles. The van der Waals surface area contributed by atoms with Crippen LogP contribution in [0.4, 0.5) is 0 Å². The summed E-state index contributed by atoms with van der Waals surface area (Å²) in [4.78, 5) is 0. The first-order valence-corrected chi connectivity index (χ1v) is 2.87. The summed E-state index contributed by atoms with van der Waals surface area (Å²) in [6.45, 7) is 0.755. The number of rotatable bonds is 1. The summed E-state index contributed by atoms with van der Waals surface area (Å²) in [5.74, 6) is 0. The Hall–Kier alpha value is -0.340. The van der Waals surface area contributed by atoms with Crippen molar-refractivity contribution in [2.75, 3.05) is 13.7 Å². The van der Waals surface area contributed by atoms with E-state index in [4.69, 9.17) is 4.74 Å². The molecule has 0 spiro atoms. The Morgan fingerprint density at radius 3 is 2.88 bits per heavy atom. The van der Waals surface area contributed by atoms with Gasteiger partial charge in [-0.15, -0.1) is 0 Å². The van der Waals surface area contributed by atoms with Crippen LogP contribution in [-0.4, -0.2) is 19.9 Å². The lowest BCUT2D eigenvalue weighted by Gasteiger charge is -2.16. The maximum atomic E-state index is 5.23. The Balaban J connectivity index is 2.27. The highest BCUT2D eigenvalue weighted by Gasteiger charge is 2.04. The van der Waals surface area contributed by atoms with Crippen molar-refractivity contribution in [3.8, 4) is 0 Å². The van der Waals surface area contributed by atoms with E-state index < -0.39 is 0 Å². The molecule has 0 aromatic heterocycles. The van der Waals surface area contributed by atoms with Crippen molar-refractivity contribution in [3.63, 3.8) is 0 Å². The molecule has 0 aromatic carbocycles. The van der Waals surface area contributed by atoms with E-state index in [0.29, 0.717) is 0 Å². The summed E-state index contributed by atoms with van der Waals surface area (Å²) >= 11 is 0. The van der Waals surface area contributed by atoms with E-state index in [1.54, 1.807) is 0 Å². The highest BCUT2D eigenvalue weighted by atomic mass is 16.5. The zero-order valence-electron chi connectivity index (χ0n) is 5.05. The second-order valence-corrected chi connectivity index (χ2v) is 1.82. The number of ether oxygens (including phenoxy) is 1. The zero-order valence-corrected chi connectivity index (χ0v) is 5.05. The minimum atomic E-state index is 0.250. The Bertz CT molecular complexity index is 90.5. The van der Waals surface area contributed by atoms with Gasteiger partial charge in [0.1, 0.15) is 6.23 Å². The van der Waals surface area contributed by atoms with Crippen LogP contribution in [0.3, 0.4) is 0 Å². The zero-order chi connectivity index (χ0) is 5.82. The standard InChI is InChI=1S/C6H11NO/c1-7-6-4-2-3-5-8-6/h2-3,6-7H,4-5H2,1H3. The van der Waals surface area contributed by atoms with Crippen LogP contribution >= 0.6 is 0 Å².